The number of aromatic nitrogens is 2. The van der Waals surface area contributed by atoms with Crippen LogP contribution in [0.25, 0.3) is 11.0 Å². The number of sulfonamides is 1. The second-order valence-corrected chi connectivity index (χ2v) is 10.0. The van der Waals surface area contributed by atoms with Crippen molar-refractivity contribution >= 4 is 32.7 Å². The second-order valence-electron chi connectivity index (χ2n) is 7.88. The average molecular weight is 443 g/mol. The smallest absolute Gasteiger partial charge is 0.242 e. The molecule has 1 aromatic heterocycles. The van der Waals surface area contributed by atoms with E-state index >= 15 is 0 Å². The molecule has 0 radical (unpaired) electrons. The van der Waals surface area contributed by atoms with Crippen molar-refractivity contribution in [1.29, 1.82) is 0 Å². The predicted octanol–water partition coefficient (Wildman–Crippen LogP) is 3.52. The maximum Gasteiger partial charge on any atom is 0.242 e. The van der Waals surface area contributed by atoms with Crippen LogP contribution in [0.3, 0.4) is 0 Å². The van der Waals surface area contributed by atoms with Gasteiger partial charge in [0.25, 0.3) is 0 Å². The highest BCUT2D eigenvalue weighted by molar-refractivity contribution is 7.89. The summed E-state index contributed by atoms with van der Waals surface area (Å²) >= 11 is 0. The Balaban J connectivity index is 1.86. The Morgan fingerprint density at radius 2 is 1.81 bits per heavy atom. The molecule has 0 saturated heterocycles. The molecule has 0 saturated carbocycles. The highest BCUT2D eigenvalue weighted by Crippen LogP contribution is 2.24. The Kier molecular flexibility index (Phi) is 6.52. The van der Waals surface area contributed by atoms with Crippen molar-refractivity contribution in [1.82, 2.24) is 13.9 Å². The van der Waals surface area contributed by atoms with Crippen molar-refractivity contribution < 1.29 is 13.2 Å². The Bertz CT molecular complexity index is 1230. The number of carbonyl (C=O) groups excluding carboxylic acids is 1. The van der Waals surface area contributed by atoms with Crippen LogP contribution in [0.1, 0.15) is 30.3 Å². The summed E-state index contributed by atoms with van der Waals surface area (Å²) < 4.78 is 28.1. The van der Waals surface area contributed by atoms with Crippen LogP contribution in [0.15, 0.2) is 41.3 Å². The Labute approximate surface area is 184 Å². The third kappa shape index (κ3) is 4.36. The molecule has 0 N–H and O–H groups in total. The number of hydrogen-bond acceptors (Lipinski definition) is 4. The average Bonchev–Trinajstić information content (AvgIpc) is 3.09. The third-order valence-electron chi connectivity index (χ3n) is 5.77. The van der Waals surface area contributed by atoms with E-state index in [1.165, 1.54) is 18.4 Å². The summed E-state index contributed by atoms with van der Waals surface area (Å²) in [6.07, 6.45) is 0.794. The van der Waals surface area contributed by atoms with Crippen LogP contribution in [0.2, 0.25) is 0 Å². The molecule has 0 fully saturated rings. The van der Waals surface area contributed by atoms with E-state index in [0.717, 1.165) is 28.2 Å². The maximum atomic E-state index is 12.9. The number of benzene rings is 2. The van der Waals surface area contributed by atoms with E-state index < -0.39 is 10.0 Å². The Morgan fingerprint density at radius 3 is 2.45 bits per heavy atom. The van der Waals surface area contributed by atoms with Gasteiger partial charge in [-0.05, 0) is 56.2 Å². The van der Waals surface area contributed by atoms with Crippen molar-refractivity contribution in [2.45, 2.75) is 45.1 Å². The van der Waals surface area contributed by atoms with Crippen LogP contribution in [-0.4, -0.2) is 49.3 Å². The second kappa shape index (κ2) is 8.80. The minimum absolute atomic E-state index is 0.0132. The van der Waals surface area contributed by atoms with Gasteiger partial charge in [0.05, 0.1) is 15.9 Å². The fraction of sp³-hybridized carbons (Fsp3) is 0.391. The zero-order chi connectivity index (χ0) is 22.9. The molecular formula is C23H30N4O3S. The Morgan fingerprint density at radius 1 is 1.10 bits per heavy atom. The molecule has 8 heteroatoms. The fourth-order valence-electron chi connectivity index (χ4n) is 3.69. The van der Waals surface area contributed by atoms with Gasteiger partial charge in [-0.1, -0.05) is 12.1 Å². The molecule has 0 spiro atoms. The van der Waals surface area contributed by atoms with Crippen molar-refractivity contribution in [3.05, 3.63) is 53.3 Å². The van der Waals surface area contributed by atoms with Crippen molar-refractivity contribution in [2.24, 2.45) is 0 Å². The molecule has 3 rings (SSSR count). The van der Waals surface area contributed by atoms with Crippen LogP contribution < -0.4 is 4.90 Å². The number of anilines is 1. The lowest BCUT2D eigenvalue weighted by molar-refractivity contribution is -0.118. The minimum atomic E-state index is -3.53. The number of imidazole rings is 1. The van der Waals surface area contributed by atoms with Crippen LogP contribution in [-0.2, 0) is 27.8 Å². The Hall–Kier alpha value is -2.71. The summed E-state index contributed by atoms with van der Waals surface area (Å²) in [6, 6.07) is 10.9. The molecule has 31 heavy (non-hydrogen) atoms. The van der Waals surface area contributed by atoms with E-state index in [2.05, 4.69) is 4.98 Å². The van der Waals surface area contributed by atoms with Gasteiger partial charge in [-0.3, -0.25) is 4.79 Å². The van der Waals surface area contributed by atoms with Gasteiger partial charge < -0.3 is 9.47 Å². The molecule has 0 aliphatic rings. The van der Waals surface area contributed by atoms with Crippen LogP contribution >= 0.6 is 0 Å². The number of carbonyl (C=O) groups is 1. The third-order valence-corrected chi connectivity index (χ3v) is 7.58. The normalized spacial score (nSPS) is 12.0. The van der Waals surface area contributed by atoms with Gasteiger partial charge in [0.15, 0.2) is 0 Å². The molecular weight excluding hydrogens is 412 g/mol. The summed E-state index contributed by atoms with van der Waals surface area (Å²) in [5, 5.41) is 0. The van der Waals surface area contributed by atoms with Gasteiger partial charge in [0.1, 0.15) is 5.82 Å². The first kappa shape index (κ1) is 23.0. The summed E-state index contributed by atoms with van der Waals surface area (Å²) in [5.41, 5.74) is 4.63. The van der Waals surface area contributed by atoms with Crippen LogP contribution in [0.5, 0.6) is 0 Å². The first-order valence-electron chi connectivity index (χ1n) is 10.3. The molecule has 3 aromatic rings. The van der Waals surface area contributed by atoms with Crippen molar-refractivity contribution in [2.75, 3.05) is 26.0 Å². The molecule has 0 unspecified atom stereocenters. The SMILES string of the molecule is CCn1c(CCC(=O)N(C)c2cccc(C)c2C)nc2cc(S(=O)(=O)N(C)C)ccc21. The number of rotatable bonds is 7. The summed E-state index contributed by atoms with van der Waals surface area (Å²) in [6.45, 7) is 6.75. The molecule has 2 aromatic carbocycles. The molecule has 0 atom stereocenters. The van der Waals surface area contributed by atoms with E-state index in [9.17, 15) is 13.2 Å². The maximum absolute atomic E-state index is 12.9. The summed E-state index contributed by atoms with van der Waals surface area (Å²) in [4.78, 5) is 19.4. The number of fused-ring (bicyclic) bond motifs is 1. The monoisotopic (exact) mass is 442 g/mol. The molecule has 0 aliphatic heterocycles. The molecule has 0 aliphatic carbocycles. The standard InChI is InChI=1S/C23H30N4O3S/c1-7-27-21-12-11-18(31(29,30)25(4)5)15-19(21)24-22(27)13-14-23(28)26(6)20-10-8-9-16(2)17(20)3/h8-12,15H,7,13-14H2,1-6H3. The quantitative estimate of drug-likeness (QED) is 0.561. The molecule has 7 nitrogen and oxygen atoms in total. The van der Waals surface area contributed by atoms with Gasteiger partial charge in [0, 0.05) is 46.2 Å². The van der Waals surface area contributed by atoms with Gasteiger partial charge in [0.2, 0.25) is 15.9 Å². The zero-order valence-electron chi connectivity index (χ0n) is 19.0. The highest BCUT2D eigenvalue weighted by atomic mass is 32.2. The van der Waals surface area contributed by atoms with E-state index in [0.29, 0.717) is 24.9 Å². The van der Waals surface area contributed by atoms with E-state index in [4.69, 9.17) is 0 Å². The van der Waals surface area contributed by atoms with Crippen molar-refractivity contribution in [3.8, 4) is 0 Å². The molecule has 0 bridgehead atoms. The molecule has 166 valence electrons. The van der Waals surface area contributed by atoms with E-state index in [1.807, 2.05) is 43.5 Å². The molecule has 1 amide bonds. The number of aryl methyl sites for hydroxylation is 3. The van der Waals surface area contributed by atoms with Crippen LogP contribution in [0, 0.1) is 13.8 Å². The zero-order valence-corrected chi connectivity index (χ0v) is 19.8. The highest BCUT2D eigenvalue weighted by Gasteiger charge is 2.20. The lowest BCUT2D eigenvalue weighted by Crippen LogP contribution is -2.27. The van der Waals surface area contributed by atoms with E-state index in [-0.39, 0.29) is 10.8 Å². The lowest BCUT2D eigenvalue weighted by atomic mass is 10.1. The number of nitrogens with zero attached hydrogens (tertiary/aromatic N) is 4. The van der Waals surface area contributed by atoms with Gasteiger partial charge >= 0.3 is 0 Å². The fourth-order valence-corrected chi connectivity index (χ4v) is 4.62. The topological polar surface area (TPSA) is 75.5 Å². The van der Waals surface area contributed by atoms with Gasteiger partial charge in [-0.2, -0.15) is 0 Å². The van der Waals surface area contributed by atoms with Gasteiger partial charge in [-0.15, -0.1) is 0 Å². The predicted molar refractivity (Wildman–Crippen MR) is 124 cm³/mol. The van der Waals surface area contributed by atoms with Gasteiger partial charge in [-0.25, -0.2) is 17.7 Å². The largest absolute Gasteiger partial charge is 0.328 e. The summed E-state index contributed by atoms with van der Waals surface area (Å²) in [7, 11) is 1.28. The molecule has 1 heterocycles. The first-order valence-corrected chi connectivity index (χ1v) is 11.8. The number of amides is 1. The van der Waals surface area contributed by atoms with E-state index in [1.54, 1.807) is 30.1 Å². The van der Waals surface area contributed by atoms with Crippen LogP contribution in [0.4, 0.5) is 5.69 Å². The first-order chi connectivity index (χ1) is 14.6. The number of hydrogen-bond donors (Lipinski definition) is 0. The minimum Gasteiger partial charge on any atom is -0.328 e. The lowest BCUT2D eigenvalue weighted by Gasteiger charge is -2.20. The van der Waals surface area contributed by atoms with Crippen molar-refractivity contribution in [3.63, 3.8) is 0 Å². The summed E-state index contributed by atoms with van der Waals surface area (Å²) in [5.74, 6) is 0.791.